The number of hydrogen-bond acceptors (Lipinski definition) is 3. The molecule has 0 aliphatic heterocycles. The third kappa shape index (κ3) is 28.3. The number of rotatable bonds is 29. The summed E-state index contributed by atoms with van der Waals surface area (Å²) < 4.78 is 30.1. The molecule has 0 aliphatic rings. The van der Waals surface area contributed by atoms with E-state index in [0.717, 1.165) is 12.8 Å². The summed E-state index contributed by atoms with van der Waals surface area (Å²) in [4.78, 5) is 0. The normalized spacial score (nSPS) is 12.9. The van der Waals surface area contributed by atoms with Crippen LogP contribution >= 0.6 is 0 Å². The van der Waals surface area contributed by atoms with E-state index in [4.69, 9.17) is 4.55 Å². The molecule has 0 saturated heterocycles. The molecule has 1 unspecified atom stereocenters. The highest BCUT2D eigenvalue weighted by atomic mass is 32.2. The second kappa shape index (κ2) is 26.9. The van der Waals surface area contributed by atoms with Gasteiger partial charge in [0.15, 0.2) is 5.44 Å². The van der Waals surface area contributed by atoms with Gasteiger partial charge in [-0.2, -0.15) is 8.42 Å². The van der Waals surface area contributed by atoms with Gasteiger partial charge in [-0.05, 0) is 12.8 Å². The second-order valence-electron chi connectivity index (χ2n) is 11.0. The van der Waals surface area contributed by atoms with Crippen LogP contribution in [0.2, 0.25) is 0 Å². The van der Waals surface area contributed by atoms with E-state index in [9.17, 15) is 13.5 Å². The Balaban J connectivity index is 3.09. The third-order valence-corrected chi connectivity index (χ3v) is 8.32. The van der Waals surface area contributed by atoms with Crippen molar-refractivity contribution in [1.29, 1.82) is 0 Å². The summed E-state index contributed by atoms with van der Waals surface area (Å²) in [7, 11) is -4.28. The number of aliphatic hydroxyl groups is 1. The molecule has 0 aliphatic carbocycles. The van der Waals surface area contributed by atoms with E-state index < -0.39 is 15.6 Å². The van der Waals surface area contributed by atoms with Gasteiger partial charge in [0, 0.05) is 0 Å². The topological polar surface area (TPSA) is 74.6 Å². The molecule has 0 spiro atoms. The maximum absolute atomic E-state index is 10.7. The molecule has 0 aromatic heterocycles. The number of aliphatic hydroxyl groups excluding tert-OH is 1. The SMILES string of the molecule is CCCCCCCCCCCCCCCCCCCCCCCCCCCCCC(O)S(=O)(=O)O. The van der Waals surface area contributed by atoms with Crippen molar-refractivity contribution in [2.45, 2.75) is 192 Å². The number of hydrogen-bond donors (Lipinski definition) is 2. The van der Waals surface area contributed by atoms with Crippen molar-refractivity contribution < 1.29 is 18.1 Å². The molecule has 0 radical (unpaired) electrons. The van der Waals surface area contributed by atoms with Gasteiger partial charge in [0.05, 0.1) is 0 Å². The summed E-state index contributed by atoms with van der Waals surface area (Å²) >= 11 is 0. The van der Waals surface area contributed by atoms with Crippen molar-refractivity contribution in [1.82, 2.24) is 0 Å². The fraction of sp³-hybridized carbons (Fsp3) is 1.00. The van der Waals surface area contributed by atoms with Crippen LogP contribution < -0.4 is 0 Å². The average molecular weight is 519 g/mol. The van der Waals surface area contributed by atoms with Gasteiger partial charge in [0.1, 0.15) is 0 Å². The Morgan fingerprint density at radius 2 is 0.629 bits per heavy atom. The smallest absolute Gasteiger partial charge is 0.291 e. The van der Waals surface area contributed by atoms with Gasteiger partial charge in [-0.3, -0.25) is 4.55 Å². The minimum Gasteiger partial charge on any atom is -0.375 e. The molecule has 0 saturated carbocycles. The summed E-state index contributed by atoms with van der Waals surface area (Å²) in [5.41, 5.74) is -1.61. The minimum absolute atomic E-state index is 0.137. The fourth-order valence-electron chi connectivity index (χ4n) is 4.96. The lowest BCUT2D eigenvalue weighted by molar-refractivity contribution is 0.219. The standard InChI is InChI=1S/C30H62O4S/c1-2-3-4-5-6-7-8-9-10-11-12-13-14-15-16-17-18-19-20-21-22-23-24-25-26-27-28-29-30(31)35(32,33)34/h30-31H,2-29H2,1H3,(H,32,33,34). The predicted molar refractivity (Wildman–Crippen MR) is 153 cm³/mol. The van der Waals surface area contributed by atoms with E-state index in [1.807, 2.05) is 0 Å². The zero-order valence-corrected chi connectivity index (χ0v) is 24.3. The Morgan fingerprint density at radius 1 is 0.429 bits per heavy atom. The lowest BCUT2D eigenvalue weighted by Crippen LogP contribution is -2.19. The van der Waals surface area contributed by atoms with Crippen LogP contribution in [0.15, 0.2) is 0 Å². The van der Waals surface area contributed by atoms with E-state index in [1.165, 1.54) is 154 Å². The summed E-state index contributed by atoms with van der Waals surface area (Å²) in [6.07, 6.45) is 36.5. The maximum atomic E-state index is 10.7. The molecule has 0 heterocycles. The van der Waals surface area contributed by atoms with Gasteiger partial charge >= 0.3 is 0 Å². The lowest BCUT2D eigenvalue weighted by atomic mass is 10.0. The Bertz CT molecular complexity index is 506. The van der Waals surface area contributed by atoms with Crippen LogP contribution in [0.25, 0.3) is 0 Å². The Labute approximate surface area is 220 Å². The molecule has 212 valence electrons. The molecule has 0 aromatic carbocycles. The van der Waals surface area contributed by atoms with Gasteiger partial charge in [0.2, 0.25) is 0 Å². The van der Waals surface area contributed by atoms with Gasteiger partial charge in [-0.1, -0.05) is 174 Å². The summed E-state index contributed by atoms with van der Waals surface area (Å²) in [5.74, 6) is 0. The molecule has 0 aromatic rings. The fourth-order valence-corrected chi connectivity index (χ4v) is 5.43. The van der Waals surface area contributed by atoms with Gasteiger partial charge in [-0.15, -0.1) is 0 Å². The van der Waals surface area contributed by atoms with E-state index in [1.54, 1.807) is 0 Å². The summed E-state index contributed by atoms with van der Waals surface area (Å²) in [6, 6.07) is 0. The third-order valence-electron chi connectivity index (χ3n) is 7.40. The first-order valence-electron chi connectivity index (χ1n) is 15.6. The summed E-state index contributed by atoms with van der Waals surface area (Å²) in [5, 5.41) is 9.24. The van der Waals surface area contributed by atoms with Crippen molar-refractivity contribution in [3.8, 4) is 0 Å². The molecular weight excluding hydrogens is 456 g/mol. The monoisotopic (exact) mass is 518 g/mol. The molecular formula is C30H62O4S. The molecule has 5 heteroatoms. The highest BCUT2D eigenvalue weighted by Crippen LogP contribution is 2.16. The van der Waals surface area contributed by atoms with Crippen molar-refractivity contribution in [2.75, 3.05) is 0 Å². The van der Waals surface area contributed by atoms with Gasteiger partial charge in [-0.25, -0.2) is 0 Å². The first-order valence-corrected chi connectivity index (χ1v) is 17.1. The minimum atomic E-state index is -4.28. The largest absolute Gasteiger partial charge is 0.375 e. The van der Waals surface area contributed by atoms with E-state index in [2.05, 4.69) is 6.92 Å². The van der Waals surface area contributed by atoms with Crippen LogP contribution in [0.5, 0.6) is 0 Å². The first kappa shape index (κ1) is 34.9. The molecule has 2 N–H and O–H groups in total. The van der Waals surface area contributed by atoms with E-state index in [0.29, 0.717) is 6.42 Å². The molecule has 1 atom stereocenters. The van der Waals surface area contributed by atoms with Crippen LogP contribution in [0, 0.1) is 0 Å². The van der Waals surface area contributed by atoms with Crippen LogP contribution in [0.1, 0.15) is 187 Å². The second-order valence-corrected chi connectivity index (χ2v) is 12.5. The van der Waals surface area contributed by atoms with Gasteiger partial charge < -0.3 is 5.11 Å². The molecule has 4 nitrogen and oxygen atoms in total. The van der Waals surface area contributed by atoms with Crippen LogP contribution in [0.4, 0.5) is 0 Å². The van der Waals surface area contributed by atoms with Crippen LogP contribution in [-0.2, 0) is 10.1 Å². The van der Waals surface area contributed by atoms with Gasteiger partial charge in [0.25, 0.3) is 10.1 Å². The van der Waals surface area contributed by atoms with E-state index in [-0.39, 0.29) is 6.42 Å². The first-order chi connectivity index (χ1) is 17.0. The molecule has 0 rings (SSSR count). The average Bonchev–Trinajstić information content (AvgIpc) is 2.82. The zero-order valence-electron chi connectivity index (χ0n) is 23.5. The molecule has 35 heavy (non-hydrogen) atoms. The highest BCUT2D eigenvalue weighted by Gasteiger charge is 2.18. The summed E-state index contributed by atoms with van der Waals surface area (Å²) in [6.45, 7) is 2.29. The predicted octanol–water partition coefficient (Wildman–Crippen LogP) is 10.1. The zero-order chi connectivity index (χ0) is 25.9. The van der Waals surface area contributed by atoms with Crippen LogP contribution in [0.3, 0.4) is 0 Å². The van der Waals surface area contributed by atoms with Crippen molar-refractivity contribution >= 4 is 10.1 Å². The number of unbranched alkanes of at least 4 members (excludes halogenated alkanes) is 26. The molecule has 0 amide bonds. The van der Waals surface area contributed by atoms with Crippen LogP contribution in [-0.4, -0.2) is 23.5 Å². The Morgan fingerprint density at radius 3 is 0.829 bits per heavy atom. The Hall–Kier alpha value is -0.130. The highest BCUT2D eigenvalue weighted by molar-refractivity contribution is 7.86. The quantitative estimate of drug-likeness (QED) is 0.0762. The van der Waals surface area contributed by atoms with Crippen molar-refractivity contribution in [3.05, 3.63) is 0 Å². The van der Waals surface area contributed by atoms with E-state index >= 15 is 0 Å². The molecule has 0 fully saturated rings. The lowest BCUT2D eigenvalue weighted by Gasteiger charge is -2.06. The molecule has 0 bridgehead atoms. The Kier molecular flexibility index (Phi) is 26.8. The van der Waals surface area contributed by atoms with Crippen molar-refractivity contribution in [3.63, 3.8) is 0 Å². The maximum Gasteiger partial charge on any atom is 0.291 e. The van der Waals surface area contributed by atoms with Crippen molar-refractivity contribution in [2.24, 2.45) is 0 Å².